The van der Waals surface area contributed by atoms with Gasteiger partial charge in [0.25, 0.3) is 0 Å². The average Bonchev–Trinajstić information content (AvgIpc) is 3.09. The van der Waals surface area contributed by atoms with Gasteiger partial charge < -0.3 is 15.6 Å². The van der Waals surface area contributed by atoms with E-state index >= 15 is 0 Å². The van der Waals surface area contributed by atoms with E-state index in [2.05, 4.69) is 42.3 Å². The second kappa shape index (κ2) is 11.6. The molecule has 0 aliphatic carbocycles. The third kappa shape index (κ3) is 7.20. The van der Waals surface area contributed by atoms with E-state index in [0.29, 0.717) is 12.3 Å². The van der Waals surface area contributed by atoms with Gasteiger partial charge in [0.1, 0.15) is 0 Å². The highest BCUT2D eigenvalue weighted by molar-refractivity contribution is 5.94. The Bertz CT molecular complexity index is 897. The Morgan fingerprint density at radius 2 is 1.83 bits per heavy atom. The molecule has 3 rings (SSSR count). The molecule has 0 bridgehead atoms. The van der Waals surface area contributed by atoms with Crippen molar-refractivity contribution in [3.8, 4) is 0 Å². The summed E-state index contributed by atoms with van der Waals surface area (Å²) in [5.74, 6) is 0.206. The van der Waals surface area contributed by atoms with Gasteiger partial charge in [0.2, 0.25) is 5.91 Å². The number of hydrogen-bond acceptors (Lipinski definition) is 3. The van der Waals surface area contributed by atoms with Gasteiger partial charge in [-0.15, -0.1) is 24.8 Å². The number of nitrogens with zero attached hydrogens (tertiary/aromatic N) is 2. The number of rotatable bonds is 7. The first kappa shape index (κ1) is 24.7. The first-order chi connectivity index (χ1) is 13.0. The highest BCUT2D eigenvalue weighted by Crippen LogP contribution is 2.18. The molecule has 0 saturated heterocycles. The SMILES string of the molecule is CC(C)c1cccc(NC(=O)[C@@H](N)Cc2cn(Cc3ccccc3)cn2)c1.Cl.Cl. The summed E-state index contributed by atoms with van der Waals surface area (Å²) in [6.07, 6.45) is 4.12. The van der Waals surface area contributed by atoms with Gasteiger partial charge in [-0.1, -0.05) is 56.3 Å². The number of anilines is 1. The Labute approximate surface area is 184 Å². The first-order valence-corrected chi connectivity index (χ1v) is 9.22. The number of nitrogens with one attached hydrogen (secondary N) is 1. The van der Waals surface area contributed by atoms with E-state index in [-0.39, 0.29) is 30.7 Å². The molecule has 0 radical (unpaired) electrons. The first-order valence-electron chi connectivity index (χ1n) is 9.22. The predicted molar refractivity (Wildman–Crippen MR) is 123 cm³/mol. The van der Waals surface area contributed by atoms with Gasteiger partial charge in [-0.25, -0.2) is 4.98 Å². The number of halogens is 2. The maximum atomic E-state index is 12.4. The Hall–Kier alpha value is -2.34. The molecule has 0 aliphatic heterocycles. The van der Waals surface area contributed by atoms with Crippen LogP contribution in [0.5, 0.6) is 0 Å². The minimum absolute atomic E-state index is 0. The zero-order valence-corrected chi connectivity index (χ0v) is 18.2. The summed E-state index contributed by atoms with van der Waals surface area (Å²) in [4.78, 5) is 16.8. The lowest BCUT2D eigenvalue weighted by atomic mass is 10.0. The minimum Gasteiger partial charge on any atom is -0.333 e. The van der Waals surface area contributed by atoms with Crippen molar-refractivity contribution in [2.24, 2.45) is 5.73 Å². The fourth-order valence-corrected chi connectivity index (χ4v) is 2.92. The van der Waals surface area contributed by atoms with Crippen LogP contribution in [0.2, 0.25) is 0 Å². The van der Waals surface area contributed by atoms with E-state index in [9.17, 15) is 4.79 Å². The van der Waals surface area contributed by atoms with Gasteiger partial charge >= 0.3 is 0 Å². The molecule has 1 amide bonds. The fourth-order valence-electron chi connectivity index (χ4n) is 2.92. The monoisotopic (exact) mass is 434 g/mol. The second-order valence-electron chi connectivity index (χ2n) is 7.10. The van der Waals surface area contributed by atoms with Crippen LogP contribution >= 0.6 is 24.8 Å². The van der Waals surface area contributed by atoms with Gasteiger partial charge in [0, 0.05) is 24.8 Å². The highest BCUT2D eigenvalue weighted by Gasteiger charge is 2.16. The molecule has 0 fully saturated rings. The largest absolute Gasteiger partial charge is 0.333 e. The van der Waals surface area contributed by atoms with Gasteiger partial charge in [-0.2, -0.15) is 0 Å². The zero-order valence-electron chi connectivity index (χ0n) is 16.6. The third-order valence-electron chi connectivity index (χ3n) is 4.48. The zero-order chi connectivity index (χ0) is 19.2. The molecular formula is C22H28Cl2N4O. The summed E-state index contributed by atoms with van der Waals surface area (Å²) < 4.78 is 2.00. The Kier molecular flexibility index (Phi) is 9.89. The molecule has 0 aliphatic rings. The number of hydrogen-bond donors (Lipinski definition) is 2. The lowest BCUT2D eigenvalue weighted by molar-refractivity contribution is -0.117. The molecule has 1 heterocycles. The average molecular weight is 435 g/mol. The van der Waals surface area contributed by atoms with Crippen molar-refractivity contribution in [2.45, 2.75) is 38.8 Å². The summed E-state index contributed by atoms with van der Waals surface area (Å²) in [6.45, 7) is 4.99. The van der Waals surface area contributed by atoms with Gasteiger partial charge in [-0.05, 0) is 29.2 Å². The number of carbonyl (C=O) groups is 1. The number of amides is 1. The number of benzene rings is 2. The summed E-state index contributed by atoms with van der Waals surface area (Å²) in [7, 11) is 0. The van der Waals surface area contributed by atoms with Gasteiger partial charge in [0.15, 0.2) is 0 Å². The van der Waals surface area contributed by atoms with Crippen LogP contribution in [0.3, 0.4) is 0 Å². The number of imidazole rings is 1. The second-order valence-corrected chi connectivity index (χ2v) is 7.10. The van der Waals surface area contributed by atoms with Crippen molar-refractivity contribution >= 4 is 36.4 Å². The molecule has 1 aromatic heterocycles. The van der Waals surface area contributed by atoms with E-state index in [1.54, 1.807) is 6.33 Å². The molecule has 5 nitrogen and oxygen atoms in total. The summed E-state index contributed by atoms with van der Waals surface area (Å²) in [5, 5.41) is 2.91. The lowest BCUT2D eigenvalue weighted by Gasteiger charge is -2.13. The van der Waals surface area contributed by atoms with Crippen LogP contribution in [0.4, 0.5) is 5.69 Å². The minimum atomic E-state index is -0.646. The molecule has 7 heteroatoms. The van der Waals surface area contributed by atoms with E-state index < -0.39 is 6.04 Å². The molecule has 0 spiro atoms. The molecule has 1 atom stereocenters. The fraction of sp³-hybridized carbons (Fsp3) is 0.273. The van der Waals surface area contributed by atoms with Crippen LogP contribution in [-0.2, 0) is 17.8 Å². The van der Waals surface area contributed by atoms with Crippen molar-refractivity contribution in [3.05, 3.63) is 83.9 Å². The lowest BCUT2D eigenvalue weighted by Crippen LogP contribution is -2.37. The maximum absolute atomic E-state index is 12.4. The van der Waals surface area contributed by atoms with Crippen molar-refractivity contribution in [1.82, 2.24) is 9.55 Å². The quantitative estimate of drug-likeness (QED) is 0.578. The highest BCUT2D eigenvalue weighted by atomic mass is 35.5. The van der Waals surface area contributed by atoms with Crippen molar-refractivity contribution in [3.63, 3.8) is 0 Å². The number of aromatic nitrogens is 2. The molecule has 0 saturated carbocycles. The Morgan fingerprint density at radius 3 is 2.52 bits per heavy atom. The molecular weight excluding hydrogens is 407 g/mol. The molecule has 3 aromatic rings. The van der Waals surface area contributed by atoms with Crippen LogP contribution in [-0.4, -0.2) is 21.5 Å². The van der Waals surface area contributed by atoms with E-state index in [1.165, 1.54) is 11.1 Å². The normalized spacial score (nSPS) is 11.3. The van der Waals surface area contributed by atoms with E-state index in [0.717, 1.165) is 17.9 Å². The van der Waals surface area contributed by atoms with Gasteiger partial charge in [-0.3, -0.25) is 4.79 Å². The van der Waals surface area contributed by atoms with E-state index in [1.807, 2.05) is 47.2 Å². The van der Waals surface area contributed by atoms with Crippen LogP contribution in [0, 0.1) is 0 Å². The maximum Gasteiger partial charge on any atom is 0.241 e. The van der Waals surface area contributed by atoms with Crippen LogP contribution in [0.25, 0.3) is 0 Å². The third-order valence-corrected chi connectivity index (χ3v) is 4.48. The van der Waals surface area contributed by atoms with Gasteiger partial charge in [0.05, 0.1) is 18.1 Å². The molecule has 2 aromatic carbocycles. The smallest absolute Gasteiger partial charge is 0.241 e. The molecule has 0 unspecified atom stereocenters. The van der Waals surface area contributed by atoms with Crippen LogP contribution < -0.4 is 11.1 Å². The topological polar surface area (TPSA) is 72.9 Å². The Morgan fingerprint density at radius 1 is 1.10 bits per heavy atom. The van der Waals surface area contributed by atoms with Crippen LogP contribution in [0.15, 0.2) is 67.1 Å². The van der Waals surface area contributed by atoms with Crippen molar-refractivity contribution in [2.75, 3.05) is 5.32 Å². The summed E-state index contributed by atoms with van der Waals surface area (Å²) >= 11 is 0. The van der Waals surface area contributed by atoms with Crippen LogP contribution in [0.1, 0.15) is 36.6 Å². The summed E-state index contributed by atoms with van der Waals surface area (Å²) in [5.41, 5.74) is 10.1. The standard InChI is InChI=1S/C22H26N4O.2ClH/c1-16(2)18-9-6-10-19(11-18)25-22(27)21(23)12-20-14-26(15-24-20)13-17-7-4-3-5-8-17;;/h3-11,14-16,21H,12-13,23H2,1-2H3,(H,25,27);2*1H/t21-;;/m0../s1. The number of carbonyl (C=O) groups excluding carboxylic acids is 1. The number of nitrogens with two attached hydrogens (primary N) is 1. The van der Waals surface area contributed by atoms with Crippen molar-refractivity contribution in [1.29, 1.82) is 0 Å². The molecule has 3 N–H and O–H groups in total. The molecule has 156 valence electrons. The molecule has 29 heavy (non-hydrogen) atoms. The van der Waals surface area contributed by atoms with Crippen molar-refractivity contribution < 1.29 is 4.79 Å². The summed E-state index contributed by atoms with van der Waals surface area (Å²) in [6, 6.07) is 17.4. The Balaban J connectivity index is 0.00000210. The predicted octanol–water partition coefficient (Wildman–Crippen LogP) is 4.41. The van der Waals surface area contributed by atoms with E-state index in [4.69, 9.17) is 5.73 Å².